The first-order chi connectivity index (χ1) is 18.4. The topological polar surface area (TPSA) is 116 Å². The zero-order valence-corrected chi connectivity index (χ0v) is 21.9. The van der Waals surface area contributed by atoms with Gasteiger partial charge < -0.3 is 26.2 Å². The first kappa shape index (κ1) is 25.4. The van der Waals surface area contributed by atoms with Crippen LogP contribution in [0, 0.1) is 0 Å². The quantitative estimate of drug-likeness (QED) is 0.315. The monoisotopic (exact) mass is 527 g/mol. The molecule has 1 aliphatic rings. The van der Waals surface area contributed by atoms with Crippen LogP contribution in [0.25, 0.3) is 22.4 Å². The van der Waals surface area contributed by atoms with E-state index < -0.39 is 0 Å². The predicted molar refractivity (Wildman–Crippen MR) is 152 cm³/mol. The second kappa shape index (κ2) is 11.4. The molecule has 5 rings (SSSR count). The number of carbonyl (C=O) groups is 2. The molecule has 1 aliphatic heterocycles. The second-order valence-electron chi connectivity index (χ2n) is 9.16. The van der Waals surface area contributed by atoms with Crippen LogP contribution >= 0.6 is 11.3 Å². The van der Waals surface area contributed by atoms with Gasteiger partial charge in [0.2, 0.25) is 5.91 Å². The number of likely N-dealkylation sites (N-methyl/N-ethyl adjacent to an activating group) is 1. The van der Waals surface area contributed by atoms with E-state index in [9.17, 15) is 9.59 Å². The lowest BCUT2D eigenvalue weighted by atomic mass is 10.0. The van der Waals surface area contributed by atoms with Gasteiger partial charge in [-0.2, -0.15) is 0 Å². The molecule has 3 heterocycles. The van der Waals surface area contributed by atoms with Gasteiger partial charge in [-0.1, -0.05) is 18.2 Å². The number of rotatable bonds is 7. The highest BCUT2D eigenvalue weighted by molar-refractivity contribution is 7.14. The summed E-state index contributed by atoms with van der Waals surface area (Å²) in [5, 5.41) is 7.74. The van der Waals surface area contributed by atoms with E-state index in [1.807, 2.05) is 29.8 Å². The predicted octanol–water partition coefficient (Wildman–Crippen LogP) is 3.57. The van der Waals surface area contributed by atoms with Crippen molar-refractivity contribution in [2.45, 2.75) is 0 Å². The van der Waals surface area contributed by atoms with Crippen molar-refractivity contribution >= 4 is 39.8 Å². The minimum Gasteiger partial charge on any atom is -0.399 e. The number of hydrogen-bond acceptors (Lipinski definition) is 8. The number of thiazole rings is 1. The zero-order chi connectivity index (χ0) is 26.5. The van der Waals surface area contributed by atoms with Crippen molar-refractivity contribution in [3.8, 4) is 22.4 Å². The smallest absolute Gasteiger partial charge is 0.251 e. The lowest BCUT2D eigenvalue weighted by Crippen LogP contribution is -2.44. The standard InChI is InChI=1S/C28H29N7O2S/c1-34-11-13-35(14-12-34)25-16-21(9-10-30-25)20-3-2-4-22(15-20)24-18-38-28(32-24)33-26(36)17-31-27(37)19-5-7-23(29)8-6-19/h2-10,15-16,18H,11-14,17,29H2,1H3,(H,31,37)(H,32,33,36). The molecule has 9 nitrogen and oxygen atoms in total. The maximum atomic E-state index is 12.4. The molecule has 2 aromatic heterocycles. The number of pyridine rings is 1. The molecular weight excluding hydrogens is 498 g/mol. The minimum atomic E-state index is -0.350. The molecule has 0 saturated carbocycles. The second-order valence-corrected chi connectivity index (χ2v) is 10.0. The molecule has 0 aliphatic carbocycles. The van der Waals surface area contributed by atoms with E-state index in [0.29, 0.717) is 16.4 Å². The molecule has 0 radical (unpaired) electrons. The van der Waals surface area contributed by atoms with Gasteiger partial charge in [0.1, 0.15) is 5.82 Å². The molecular formula is C28H29N7O2S. The molecule has 2 amide bonds. The Morgan fingerprint density at radius 1 is 0.974 bits per heavy atom. The molecule has 1 fully saturated rings. The fourth-order valence-electron chi connectivity index (χ4n) is 4.19. The molecule has 38 heavy (non-hydrogen) atoms. The SMILES string of the molecule is CN1CCN(c2cc(-c3cccc(-c4csc(NC(=O)CNC(=O)c5ccc(N)cc5)n4)c3)ccn2)CC1. The first-order valence-electron chi connectivity index (χ1n) is 12.3. The summed E-state index contributed by atoms with van der Waals surface area (Å²) >= 11 is 1.34. The van der Waals surface area contributed by atoms with Gasteiger partial charge in [-0.3, -0.25) is 9.59 Å². The van der Waals surface area contributed by atoms with Gasteiger partial charge in [0.15, 0.2) is 5.13 Å². The Morgan fingerprint density at radius 3 is 2.50 bits per heavy atom. The lowest BCUT2D eigenvalue weighted by Gasteiger charge is -2.33. The van der Waals surface area contributed by atoms with E-state index >= 15 is 0 Å². The Balaban J connectivity index is 1.22. The molecule has 4 aromatic rings. The van der Waals surface area contributed by atoms with E-state index in [0.717, 1.165) is 54.4 Å². The average molecular weight is 528 g/mol. The highest BCUT2D eigenvalue weighted by atomic mass is 32.1. The molecule has 194 valence electrons. The highest BCUT2D eigenvalue weighted by Gasteiger charge is 2.16. The van der Waals surface area contributed by atoms with Gasteiger partial charge in [0.05, 0.1) is 12.2 Å². The van der Waals surface area contributed by atoms with Crippen LogP contribution < -0.4 is 21.3 Å². The number of nitrogens with zero attached hydrogens (tertiary/aromatic N) is 4. The van der Waals surface area contributed by atoms with Gasteiger partial charge in [-0.05, 0) is 60.6 Å². The van der Waals surface area contributed by atoms with Gasteiger partial charge in [-0.15, -0.1) is 11.3 Å². The highest BCUT2D eigenvalue weighted by Crippen LogP contribution is 2.30. The van der Waals surface area contributed by atoms with Crippen LogP contribution in [0.3, 0.4) is 0 Å². The van der Waals surface area contributed by atoms with Crippen molar-refractivity contribution in [3.05, 3.63) is 77.8 Å². The minimum absolute atomic E-state index is 0.161. The van der Waals surface area contributed by atoms with Crippen molar-refractivity contribution in [1.82, 2.24) is 20.2 Å². The summed E-state index contributed by atoms with van der Waals surface area (Å²) in [4.78, 5) is 38.4. The summed E-state index contributed by atoms with van der Waals surface area (Å²) in [5.74, 6) is 0.295. The average Bonchev–Trinajstić information content (AvgIpc) is 3.41. The number of hydrogen-bond donors (Lipinski definition) is 3. The third-order valence-corrected chi connectivity index (χ3v) is 7.16. The van der Waals surface area contributed by atoms with Crippen LogP contribution in [0.4, 0.5) is 16.6 Å². The molecule has 1 saturated heterocycles. The van der Waals surface area contributed by atoms with E-state index in [1.54, 1.807) is 24.3 Å². The molecule has 10 heteroatoms. The fourth-order valence-corrected chi connectivity index (χ4v) is 4.92. The Kier molecular flexibility index (Phi) is 7.62. The number of benzene rings is 2. The molecule has 2 aromatic carbocycles. The summed E-state index contributed by atoms with van der Waals surface area (Å²) in [7, 11) is 2.14. The van der Waals surface area contributed by atoms with E-state index in [-0.39, 0.29) is 18.4 Å². The normalized spacial score (nSPS) is 13.8. The number of aromatic nitrogens is 2. The van der Waals surface area contributed by atoms with Crippen LogP contribution in [0.2, 0.25) is 0 Å². The number of amides is 2. The molecule has 0 bridgehead atoms. The van der Waals surface area contributed by atoms with Crippen LogP contribution in [-0.2, 0) is 4.79 Å². The van der Waals surface area contributed by atoms with Crippen molar-refractivity contribution in [2.75, 3.05) is 55.7 Å². The summed E-state index contributed by atoms with van der Waals surface area (Å²) in [6, 6.07) is 18.8. The number of nitrogens with one attached hydrogen (secondary N) is 2. The Hall–Kier alpha value is -4.28. The molecule has 4 N–H and O–H groups in total. The van der Waals surface area contributed by atoms with Crippen LogP contribution in [0.5, 0.6) is 0 Å². The van der Waals surface area contributed by atoms with Crippen LogP contribution in [0.1, 0.15) is 10.4 Å². The Morgan fingerprint density at radius 2 is 1.71 bits per heavy atom. The third-order valence-electron chi connectivity index (χ3n) is 6.40. The van der Waals surface area contributed by atoms with Crippen LogP contribution in [0.15, 0.2) is 72.2 Å². The van der Waals surface area contributed by atoms with E-state index in [1.165, 1.54) is 11.3 Å². The van der Waals surface area contributed by atoms with E-state index in [2.05, 4.69) is 55.6 Å². The fraction of sp³-hybridized carbons (Fsp3) is 0.214. The Labute approximate surface area is 225 Å². The van der Waals surface area contributed by atoms with Crippen molar-refractivity contribution < 1.29 is 9.59 Å². The van der Waals surface area contributed by atoms with Gasteiger partial charge in [-0.25, -0.2) is 9.97 Å². The van der Waals surface area contributed by atoms with Crippen LogP contribution in [-0.4, -0.2) is 66.5 Å². The molecule has 0 unspecified atom stereocenters. The molecule has 0 atom stereocenters. The zero-order valence-electron chi connectivity index (χ0n) is 21.1. The van der Waals surface area contributed by atoms with E-state index in [4.69, 9.17) is 5.73 Å². The largest absolute Gasteiger partial charge is 0.399 e. The number of piperazine rings is 1. The number of nitrogens with two attached hydrogens (primary N) is 1. The summed E-state index contributed by atoms with van der Waals surface area (Å²) in [6.45, 7) is 3.82. The van der Waals surface area contributed by atoms with Gasteiger partial charge in [0, 0.05) is 54.6 Å². The maximum absolute atomic E-state index is 12.4. The lowest BCUT2D eigenvalue weighted by molar-refractivity contribution is -0.115. The van der Waals surface area contributed by atoms with Crippen molar-refractivity contribution in [2.24, 2.45) is 0 Å². The number of carbonyl (C=O) groups excluding carboxylic acids is 2. The number of anilines is 3. The van der Waals surface area contributed by atoms with Crippen molar-refractivity contribution in [3.63, 3.8) is 0 Å². The van der Waals surface area contributed by atoms with Gasteiger partial charge in [0.25, 0.3) is 5.91 Å². The third kappa shape index (κ3) is 6.16. The maximum Gasteiger partial charge on any atom is 0.251 e. The first-order valence-corrected chi connectivity index (χ1v) is 13.2. The molecule has 0 spiro atoms. The Bertz CT molecular complexity index is 1430. The van der Waals surface area contributed by atoms with Gasteiger partial charge >= 0.3 is 0 Å². The van der Waals surface area contributed by atoms with Crippen molar-refractivity contribution in [1.29, 1.82) is 0 Å². The summed E-state index contributed by atoms with van der Waals surface area (Å²) < 4.78 is 0. The summed E-state index contributed by atoms with van der Waals surface area (Å²) in [5.41, 5.74) is 10.5. The number of nitrogen functional groups attached to an aromatic ring is 1. The summed E-state index contributed by atoms with van der Waals surface area (Å²) in [6.07, 6.45) is 1.86.